The first-order valence-electron chi connectivity index (χ1n) is 7.98. The molecule has 1 atom stereocenters. The molecule has 24 heavy (non-hydrogen) atoms. The van der Waals surface area contributed by atoms with Crippen molar-refractivity contribution in [3.8, 4) is 0 Å². The van der Waals surface area contributed by atoms with Crippen molar-refractivity contribution in [2.45, 2.75) is 32.2 Å². The minimum Gasteiger partial charge on any atom is -0.378 e. The summed E-state index contributed by atoms with van der Waals surface area (Å²) in [4.78, 5) is 27.2. The molecule has 1 fully saturated rings. The van der Waals surface area contributed by atoms with Crippen molar-refractivity contribution in [1.82, 2.24) is 19.1 Å². The Bertz CT molecular complexity index is 766. The summed E-state index contributed by atoms with van der Waals surface area (Å²) in [6, 6.07) is -0.0609. The number of amides is 1. The van der Waals surface area contributed by atoms with E-state index in [0.29, 0.717) is 24.1 Å². The minimum absolute atomic E-state index is 0.0294. The van der Waals surface area contributed by atoms with Crippen molar-refractivity contribution < 1.29 is 9.59 Å². The number of Topliss-reactive ketones (excluding diaryl/α,β-unsaturated/α-hetero) is 1. The Balaban J connectivity index is 1.76. The number of ketones is 1. The molecule has 8 heteroatoms. The fourth-order valence-electron chi connectivity index (χ4n) is 3.15. The first-order valence-corrected chi connectivity index (χ1v) is 8.75. The SMILES string of the molecule is CNc1snc(C)c1C(=O)N1CCC[C@H]1CC(=O)c1cnn(C)c1. The maximum Gasteiger partial charge on any atom is 0.259 e. The van der Waals surface area contributed by atoms with Crippen LogP contribution in [-0.4, -0.2) is 50.4 Å². The van der Waals surface area contributed by atoms with Gasteiger partial charge in [0.15, 0.2) is 5.78 Å². The summed E-state index contributed by atoms with van der Waals surface area (Å²) in [5.41, 5.74) is 1.96. The standard InChI is InChI=1S/C16H21N5O2S/c1-10-14(15(17-2)24-19-10)16(23)21-6-4-5-12(21)7-13(22)11-8-18-20(3)9-11/h8-9,12,17H,4-7H2,1-3H3/t12-/m0/s1. The molecule has 1 N–H and O–H groups in total. The van der Waals surface area contributed by atoms with Gasteiger partial charge in [0.05, 0.1) is 23.0 Å². The average Bonchev–Trinajstić information content (AvgIpc) is 3.26. The van der Waals surface area contributed by atoms with Gasteiger partial charge in [0.25, 0.3) is 5.91 Å². The third kappa shape index (κ3) is 3.06. The zero-order valence-electron chi connectivity index (χ0n) is 14.1. The predicted molar refractivity (Wildman–Crippen MR) is 92.6 cm³/mol. The van der Waals surface area contributed by atoms with Crippen LogP contribution in [-0.2, 0) is 7.05 Å². The fourth-order valence-corrected chi connectivity index (χ4v) is 3.89. The molecular formula is C16H21N5O2S. The number of aromatic nitrogens is 3. The molecule has 0 aliphatic carbocycles. The number of rotatable bonds is 5. The summed E-state index contributed by atoms with van der Waals surface area (Å²) in [5, 5.41) is 7.86. The number of aryl methyl sites for hydroxylation is 2. The Morgan fingerprint density at radius 2 is 2.25 bits per heavy atom. The molecule has 1 saturated heterocycles. The molecule has 0 bridgehead atoms. The number of hydrogen-bond donors (Lipinski definition) is 1. The van der Waals surface area contributed by atoms with Crippen LogP contribution >= 0.6 is 11.5 Å². The molecule has 3 heterocycles. The molecule has 128 valence electrons. The Kier molecular flexibility index (Phi) is 4.66. The van der Waals surface area contributed by atoms with E-state index in [-0.39, 0.29) is 17.7 Å². The highest BCUT2D eigenvalue weighted by Crippen LogP contribution is 2.30. The maximum absolute atomic E-state index is 13.0. The monoisotopic (exact) mass is 347 g/mol. The second kappa shape index (κ2) is 6.72. The van der Waals surface area contributed by atoms with Gasteiger partial charge in [-0.3, -0.25) is 14.3 Å². The molecule has 0 aromatic carbocycles. The Hall–Kier alpha value is -2.22. The van der Waals surface area contributed by atoms with Crippen LogP contribution in [0.3, 0.4) is 0 Å². The van der Waals surface area contributed by atoms with Crippen LogP contribution in [0.2, 0.25) is 0 Å². The van der Waals surface area contributed by atoms with Crippen LogP contribution < -0.4 is 5.32 Å². The summed E-state index contributed by atoms with van der Waals surface area (Å²) < 4.78 is 5.89. The van der Waals surface area contributed by atoms with Crippen LogP contribution in [0.5, 0.6) is 0 Å². The summed E-state index contributed by atoms with van der Waals surface area (Å²) in [6.45, 7) is 2.53. The lowest BCUT2D eigenvalue weighted by Gasteiger charge is -2.24. The van der Waals surface area contributed by atoms with Crippen LogP contribution in [0.4, 0.5) is 5.00 Å². The molecule has 1 aliphatic rings. The van der Waals surface area contributed by atoms with E-state index in [1.807, 2.05) is 11.8 Å². The summed E-state index contributed by atoms with van der Waals surface area (Å²) >= 11 is 1.29. The van der Waals surface area contributed by atoms with E-state index in [0.717, 1.165) is 23.5 Å². The number of carbonyl (C=O) groups is 2. The average molecular weight is 347 g/mol. The smallest absolute Gasteiger partial charge is 0.259 e. The van der Waals surface area contributed by atoms with Crippen molar-refractivity contribution in [3.05, 3.63) is 29.2 Å². The number of nitrogens with one attached hydrogen (secondary N) is 1. The zero-order chi connectivity index (χ0) is 17.3. The predicted octanol–water partition coefficient (Wildman–Crippen LogP) is 2.10. The van der Waals surface area contributed by atoms with Gasteiger partial charge in [-0.1, -0.05) is 0 Å². The largest absolute Gasteiger partial charge is 0.378 e. The van der Waals surface area contributed by atoms with Gasteiger partial charge in [-0.2, -0.15) is 9.47 Å². The normalized spacial score (nSPS) is 17.3. The molecule has 3 rings (SSSR count). The molecule has 2 aromatic heterocycles. The lowest BCUT2D eigenvalue weighted by Crippen LogP contribution is -2.37. The Morgan fingerprint density at radius 3 is 2.92 bits per heavy atom. The van der Waals surface area contributed by atoms with E-state index in [1.54, 1.807) is 31.2 Å². The maximum atomic E-state index is 13.0. The molecule has 0 saturated carbocycles. The van der Waals surface area contributed by atoms with Crippen molar-refractivity contribution >= 4 is 28.2 Å². The Labute approximate surface area is 144 Å². The second-order valence-corrected chi connectivity index (χ2v) is 6.82. The van der Waals surface area contributed by atoms with Gasteiger partial charge in [0, 0.05) is 39.3 Å². The van der Waals surface area contributed by atoms with Gasteiger partial charge in [-0.15, -0.1) is 0 Å². The number of carbonyl (C=O) groups excluding carboxylic acids is 2. The van der Waals surface area contributed by atoms with Gasteiger partial charge in [0.1, 0.15) is 5.00 Å². The minimum atomic E-state index is -0.0609. The van der Waals surface area contributed by atoms with E-state index in [1.165, 1.54) is 11.5 Å². The van der Waals surface area contributed by atoms with Crippen LogP contribution in [0, 0.1) is 6.92 Å². The van der Waals surface area contributed by atoms with Gasteiger partial charge in [-0.05, 0) is 31.3 Å². The van der Waals surface area contributed by atoms with Crippen molar-refractivity contribution in [1.29, 1.82) is 0 Å². The summed E-state index contributed by atoms with van der Waals surface area (Å²) in [7, 11) is 3.57. The highest BCUT2D eigenvalue weighted by atomic mass is 32.1. The van der Waals surface area contributed by atoms with Gasteiger partial charge in [-0.25, -0.2) is 0 Å². The molecule has 1 amide bonds. The third-order valence-electron chi connectivity index (χ3n) is 4.39. The molecular weight excluding hydrogens is 326 g/mol. The van der Waals surface area contributed by atoms with E-state index in [9.17, 15) is 9.59 Å². The van der Waals surface area contributed by atoms with Crippen molar-refractivity contribution in [2.75, 3.05) is 18.9 Å². The first kappa shape index (κ1) is 16.6. The van der Waals surface area contributed by atoms with Gasteiger partial charge >= 0.3 is 0 Å². The molecule has 1 aliphatic heterocycles. The van der Waals surface area contributed by atoms with Crippen molar-refractivity contribution in [2.24, 2.45) is 7.05 Å². The van der Waals surface area contributed by atoms with Gasteiger partial charge in [0.2, 0.25) is 0 Å². The number of nitrogens with zero attached hydrogens (tertiary/aromatic N) is 4. The number of hydrogen-bond acceptors (Lipinski definition) is 6. The summed E-state index contributed by atoms with van der Waals surface area (Å²) in [6.07, 6.45) is 5.40. The molecule has 7 nitrogen and oxygen atoms in total. The van der Waals surface area contributed by atoms with Gasteiger partial charge < -0.3 is 10.2 Å². The molecule has 2 aromatic rings. The molecule has 0 radical (unpaired) electrons. The van der Waals surface area contributed by atoms with Crippen LogP contribution in [0.25, 0.3) is 0 Å². The summed E-state index contributed by atoms with van der Waals surface area (Å²) in [5.74, 6) is -0.00566. The van der Waals surface area contributed by atoms with E-state index in [4.69, 9.17) is 0 Å². The quantitative estimate of drug-likeness (QED) is 0.838. The number of likely N-dealkylation sites (tertiary alicyclic amines) is 1. The van der Waals surface area contributed by atoms with Crippen LogP contribution in [0.15, 0.2) is 12.4 Å². The first-order chi connectivity index (χ1) is 11.5. The number of anilines is 1. The Morgan fingerprint density at radius 1 is 1.46 bits per heavy atom. The lowest BCUT2D eigenvalue weighted by molar-refractivity contribution is 0.0717. The van der Waals surface area contributed by atoms with Crippen LogP contribution in [0.1, 0.15) is 45.7 Å². The third-order valence-corrected chi connectivity index (χ3v) is 5.35. The van der Waals surface area contributed by atoms with Crippen molar-refractivity contribution in [3.63, 3.8) is 0 Å². The molecule has 0 unspecified atom stereocenters. The fraction of sp³-hybridized carbons (Fsp3) is 0.500. The van der Waals surface area contributed by atoms with E-state index < -0.39 is 0 Å². The topological polar surface area (TPSA) is 80.1 Å². The second-order valence-electron chi connectivity index (χ2n) is 6.05. The zero-order valence-corrected chi connectivity index (χ0v) is 14.9. The lowest BCUT2D eigenvalue weighted by atomic mass is 10.0. The highest BCUT2D eigenvalue weighted by molar-refractivity contribution is 7.10. The molecule has 0 spiro atoms. The van der Waals surface area contributed by atoms with E-state index >= 15 is 0 Å². The van der Waals surface area contributed by atoms with E-state index in [2.05, 4.69) is 14.8 Å². The highest BCUT2D eigenvalue weighted by Gasteiger charge is 2.33.